The number of hydrogen-bond donors (Lipinski definition) is 5. The molecule has 12 heteroatoms. The Kier molecular flexibility index (Phi) is 16.2. The largest absolute Gasteiger partial charge is 0.505 e. The van der Waals surface area contributed by atoms with E-state index in [0.717, 1.165) is 16.2 Å². The van der Waals surface area contributed by atoms with E-state index in [1.165, 1.54) is 18.9 Å². The standard InChI is InChI=1S/C22H28F3N3O3.C11H14N2O.C2H6.C2H4/c1-12-13(2)19(31-22(3,24)25)6-5-15(12)20-21(29)16(18-11-28(18)30)9-17(27-20)14(7-8-23)10-26-4;12-11-4-1-8(7-14)5-9(11)6-13-10-2-3-10;2*1-2/h5-6,9,14,18,26,29-30H,7-8,10-11H2,1-4H3;1,4-6,10,14H,2-3,7,12H2;1-2H3;1-2H2. The maximum Gasteiger partial charge on any atom is 0.394 e. The van der Waals surface area contributed by atoms with Gasteiger partial charge in [0.25, 0.3) is 0 Å². The van der Waals surface area contributed by atoms with Crippen LogP contribution in [0, 0.1) is 13.8 Å². The predicted molar refractivity (Wildman–Crippen MR) is 191 cm³/mol. The Bertz CT molecular complexity index is 1520. The van der Waals surface area contributed by atoms with Crippen LogP contribution in [0.5, 0.6) is 11.5 Å². The van der Waals surface area contributed by atoms with Crippen LogP contribution in [0.3, 0.4) is 0 Å². The van der Waals surface area contributed by atoms with Crippen LogP contribution in [0.1, 0.15) is 85.5 Å². The SMILES string of the molecule is C=C.CC.CNCC(CCF)c1cc(C2CN2O)c(O)c(-c2ccc(OC(C)(F)F)c(C)c2C)n1.Nc1ccc(CO)cc1C=NC1CC1. The molecule has 1 saturated heterocycles. The minimum absolute atomic E-state index is 0.0406. The molecule has 5 rings (SSSR count). The van der Waals surface area contributed by atoms with Gasteiger partial charge < -0.3 is 31.2 Å². The third-order valence-electron chi connectivity index (χ3n) is 7.90. The smallest absolute Gasteiger partial charge is 0.394 e. The van der Waals surface area contributed by atoms with Crippen molar-refractivity contribution in [1.82, 2.24) is 15.4 Å². The van der Waals surface area contributed by atoms with E-state index >= 15 is 0 Å². The lowest BCUT2D eigenvalue weighted by atomic mass is 9.94. The molecule has 3 unspecified atom stereocenters. The quantitative estimate of drug-likeness (QED) is 0.0567. The van der Waals surface area contributed by atoms with Gasteiger partial charge in [-0.05, 0) is 87.2 Å². The summed E-state index contributed by atoms with van der Waals surface area (Å²) in [5.41, 5.74) is 11.3. The number of benzene rings is 2. The van der Waals surface area contributed by atoms with Gasteiger partial charge in [0.1, 0.15) is 17.2 Å². The van der Waals surface area contributed by atoms with E-state index in [-0.39, 0.29) is 42.2 Å². The minimum atomic E-state index is -3.32. The number of pyridine rings is 1. The Hall–Kier alpha value is -3.97. The predicted octanol–water partition coefficient (Wildman–Crippen LogP) is 7.64. The second-order valence-corrected chi connectivity index (χ2v) is 11.6. The van der Waals surface area contributed by atoms with Crippen molar-refractivity contribution in [2.45, 2.75) is 84.6 Å². The number of likely N-dealkylation sites (N-methyl/N-ethyl adjacent to an activating group) is 1. The van der Waals surface area contributed by atoms with Crippen molar-refractivity contribution < 1.29 is 33.3 Å². The molecule has 1 aliphatic carbocycles. The molecule has 1 aliphatic heterocycles. The van der Waals surface area contributed by atoms with Gasteiger partial charge in [0.2, 0.25) is 0 Å². The third kappa shape index (κ3) is 11.8. The first-order valence-electron chi connectivity index (χ1n) is 16.5. The fraction of sp³-hybridized carbons (Fsp3) is 0.459. The van der Waals surface area contributed by atoms with Gasteiger partial charge in [0, 0.05) is 60.2 Å². The maximum absolute atomic E-state index is 13.3. The molecule has 2 aliphatic rings. The zero-order valence-corrected chi connectivity index (χ0v) is 29.4. The van der Waals surface area contributed by atoms with Crippen LogP contribution in [-0.2, 0) is 6.61 Å². The molecule has 270 valence electrons. The maximum atomic E-state index is 13.3. The molecule has 2 aromatic carbocycles. The molecule has 6 N–H and O–H groups in total. The number of alkyl halides is 3. The summed E-state index contributed by atoms with van der Waals surface area (Å²) in [4.78, 5) is 8.99. The molecule has 0 spiro atoms. The minimum Gasteiger partial charge on any atom is -0.505 e. The number of nitrogen functional groups attached to an aromatic ring is 1. The lowest BCUT2D eigenvalue weighted by Gasteiger charge is -2.21. The molecule has 1 aromatic heterocycles. The van der Waals surface area contributed by atoms with E-state index in [4.69, 9.17) is 15.6 Å². The topological polar surface area (TPSA) is 136 Å². The Morgan fingerprint density at radius 1 is 1.16 bits per heavy atom. The molecular weight excluding hydrogens is 635 g/mol. The van der Waals surface area contributed by atoms with Gasteiger partial charge in [-0.15, -0.1) is 13.2 Å². The van der Waals surface area contributed by atoms with Crippen molar-refractivity contribution in [1.29, 1.82) is 0 Å². The molecule has 0 radical (unpaired) electrons. The molecule has 1 saturated carbocycles. The number of aromatic hydroxyl groups is 1. The summed E-state index contributed by atoms with van der Waals surface area (Å²) in [6.45, 7) is 14.4. The number of nitrogens with two attached hydrogens (primary N) is 1. The molecule has 49 heavy (non-hydrogen) atoms. The molecule has 0 bridgehead atoms. The van der Waals surface area contributed by atoms with Gasteiger partial charge in [0.15, 0.2) is 0 Å². The van der Waals surface area contributed by atoms with Crippen molar-refractivity contribution in [2.24, 2.45) is 4.99 Å². The number of rotatable bonds is 12. The van der Waals surface area contributed by atoms with Crippen molar-refractivity contribution in [3.8, 4) is 22.8 Å². The average molecular weight is 688 g/mol. The number of ether oxygens (including phenoxy) is 1. The number of aliphatic hydroxyl groups excluding tert-OH is 1. The lowest BCUT2D eigenvalue weighted by molar-refractivity contribution is -0.159. The van der Waals surface area contributed by atoms with E-state index in [2.05, 4.69) is 28.5 Å². The molecule has 9 nitrogen and oxygen atoms in total. The summed E-state index contributed by atoms with van der Waals surface area (Å²) in [5.74, 6) is -0.286. The van der Waals surface area contributed by atoms with Gasteiger partial charge in [-0.1, -0.05) is 19.9 Å². The highest BCUT2D eigenvalue weighted by molar-refractivity contribution is 5.87. The van der Waals surface area contributed by atoms with Crippen molar-refractivity contribution in [3.63, 3.8) is 0 Å². The van der Waals surface area contributed by atoms with E-state index in [1.54, 1.807) is 39.1 Å². The highest BCUT2D eigenvalue weighted by Gasteiger charge is 2.38. The normalized spacial score (nSPS) is 17.1. The van der Waals surface area contributed by atoms with Crippen LogP contribution >= 0.6 is 0 Å². The summed E-state index contributed by atoms with van der Waals surface area (Å²) in [6, 6.07) is 10.3. The molecule has 3 aromatic rings. The molecule has 2 fully saturated rings. The Morgan fingerprint density at radius 2 is 1.82 bits per heavy atom. The highest BCUT2D eigenvalue weighted by Crippen LogP contribution is 2.44. The van der Waals surface area contributed by atoms with Gasteiger partial charge in [-0.2, -0.15) is 13.8 Å². The average Bonchev–Trinajstić information content (AvgIpc) is 4.03. The second kappa shape index (κ2) is 19.3. The summed E-state index contributed by atoms with van der Waals surface area (Å²) in [7, 11) is 1.76. The number of aliphatic hydroxyl groups is 1. The van der Waals surface area contributed by atoms with Gasteiger partial charge >= 0.3 is 6.11 Å². The number of hydroxylamine groups is 2. The monoisotopic (exact) mass is 687 g/mol. The zero-order valence-electron chi connectivity index (χ0n) is 29.4. The Morgan fingerprint density at radius 3 is 2.35 bits per heavy atom. The van der Waals surface area contributed by atoms with E-state index in [0.29, 0.717) is 59.7 Å². The number of nitrogens with zero attached hydrogens (tertiary/aromatic N) is 3. The lowest BCUT2D eigenvalue weighted by Crippen LogP contribution is -2.20. The molecule has 2 heterocycles. The van der Waals surface area contributed by atoms with Crippen LogP contribution in [0.25, 0.3) is 11.3 Å². The van der Waals surface area contributed by atoms with Crippen LogP contribution in [-0.4, -0.2) is 70.6 Å². The Balaban J connectivity index is 0.000000384. The summed E-state index contributed by atoms with van der Waals surface area (Å²) in [6.07, 6.45) is 1.12. The summed E-state index contributed by atoms with van der Waals surface area (Å²) >= 11 is 0. The fourth-order valence-corrected chi connectivity index (χ4v) is 4.95. The van der Waals surface area contributed by atoms with Crippen molar-refractivity contribution in [2.75, 3.05) is 32.5 Å². The Labute approximate surface area is 288 Å². The first-order valence-corrected chi connectivity index (χ1v) is 16.5. The van der Waals surface area contributed by atoms with Crippen molar-refractivity contribution >= 4 is 11.9 Å². The first kappa shape index (κ1) is 41.2. The highest BCUT2D eigenvalue weighted by atomic mass is 19.3. The van der Waals surface area contributed by atoms with E-state index in [1.807, 2.05) is 32.2 Å². The van der Waals surface area contributed by atoms with Crippen molar-refractivity contribution in [3.05, 3.63) is 83.1 Å². The summed E-state index contributed by atoms with van der Waals surface area (Å²) < 4.78 is 44.6. The molecular formula is C37H52F3N5O4. The number of aliphatic imine (C=N–C) groups is 1. The van der Waals surface area contributed by atoms with Crippen LogP contribution in [0.2, 0.25) is 0 Å². The fourth-order valence-electron chi connectivity index (χ4n) is 4.95. The van der Waals surface area contributed by atoms with Gasteiger partial charge in [-0.3, -0.25) is 9.38 Å². The van der Waals surface area contributed by atoms with Crippen LogP contribution in [0.15, 0.2) is 54.5 Å². The van der Waals surface area contributed by atoms with Gasteiger partial charge in [-0.25, -0.2) is 4.98 Å². The third-order valence-corrected chi connectivity index (χ3v) is 7.90. The van der Waals surface area contributed by atoms with Gasteiger partial charge in [0.05, 0.1) is 25.4 Å². The number of halogens is 3. The first-order chi connectivity index (χ1) is 23.4. The molecule has 0 amide bonds. The van der Waals surface area contributed by atoms with E-state index < -0.39 is 12.8 Å². The van der Waals surface area contributed by atoms with E-state index in [9.17, 15) is 23.5 Å². The molecule has 3 atom stereocenters. The summed E-state index contributed by atoms with van der Waals surface area (Å²) in [5, 5.41) is 33.8. The number of aromatic nitrogens is 1. The van der Waals surface area contributed by atoms with Crippen LogP contribution < -0.4 is 15.8 Å². The van der Waals surface area contributed by atoms with Crippen LogP contribution in [0.4, 0.5) is 18.9 Å². The zero-order chi connectivity index (χ0) is 36.9. The second-order valence-electron chi connectivity index (χ2n) is 11.6. The number of nitrogens with one attached hydrogen (secondary N) is 1. The number of anilines is 1. The number of hydrogen-bond acceptors (Lipinski definition) is 9.